The van der Waals surface area contributed by atoms with E-state index in [1.165, 1.54) is 0 Å². The molecule has 1 rings (SSSR count). The topological polar surface area (TPSA) is 40.9 Å². The fourth-order valence-corrected chi connectivity index (χ4v) is 3.19. The minimum Gasteiger partial charge on any atom is -0.298 e. The van der Waals surface area contributed by atoms with Gasteiger partial charge in [0, 0.05) is 11.8 Å². The predicted molar refractivity (Wildman–Crippen MR) is 81.0 cm³/mol. The molecule has 1 aliphatic carbocycles. The van der Waals surface area contributed by atoms with Gasteiger partial charge < -0.3 is 0 Å². The number of nitrogens with zero attached hydrogens (tertiary/aromatic N) is 1. The molecule has 0 aromatic heterocycles. The Morgan fingerprint density at radius 1 is 1.37 bits per heavy atom. The molecule has 2 unspecified atom stereocenters. The van der Waals surface area contributed by atoms with E-state index in [0.717, 1.165) is 25.7 Å². The summed E-state index contributed by atoms with van der Waals surface area (Å²) < 4.78 is 0. The van der Waals surface area contributed by atoms with E-state index in [2.05, 4.69) is 37.2 Å². The van der Waals surface area contributed by atoms with Gasteiger partial charge in [-0.2, -0.15) is 5.26 Å². The average molecular weight is 275 g/mol. The van der Waals surface area contributed by atoms with Gasteiger partial charge >= 0.3 is 0 Å². The van der Waals surface area contributed by atoms with Crippen LogP contribution in [0.4, 0.5) is 0 Å². The van der Waals surface area contributed by atoms with Crippen molar-refractivity contribution in [1.29, 1.82) is 5.26 Å². The zero-order chi connectivity index (χ0) is 14.7. The molecular weight excluding hydrogens is 250 g/mol. The van der Waals surface area contributed by atoms with E-state index < -0.39 is 14.0 Å². The van der Waals surface area contributed by atoms with E-state index >= 15 is 0 Å². The summed E-state index contributed by atoms with van der Waals surface area (Å²) in [5.74, 6) is 3.16. The van der Waals surface area contributed by atoms with Gasteiger partial charge in [0.1, 0.15) is 14.0 Å². The highest BCUT2D eigenvalue weighted by Crippen LogP contribution is 2.40. The summed E-state index contributed by atoms with van der Waals surface area (Å²) in [5, 5.41) is 9.25. The van der Waals surface area contributed by atoms with Gasteiger partial charge in [-0.15, -0.1) is 11.5 Å². The Labute approximate surface area is 118 Å². The highest BCUT2D eigenvalue weighted by molar-refractivity contribution is 6.83. The molecule has 0 aromatic carbocycles. The smallest absolute Gasteiger partial charge is 0.155 e. The van der Waals surface area contributed by atoms with Crippen LogP contribution in [0.15, 0.2) is 0 Å². The normalized spacial score (nSPS) is 26.2. The van der Waals surface area contributed by atoms with E-state index in [4.69, 9.17) is 0 Å². The molecule has 1 fully saturated rings. The molecular formula is C16H25NOSi. The summed E-state index contributed by atoms with van der Waals surface area (Å²) in [6, 6.07) is 2.23. The standard InChI is InChI=1S/C16H25NOSi/c1-16(2)10-9-13(14(12-17)15(16)18)8-6-7-11-19(3,4)5/h13-14H,6,8-10H2,1-5H3. The van der Waals surface area contributed by atoms with E-state index in [0.29, 0.717) is 0 Å². The first kappa shape index (κ1) is 16.0. The lowest BCUT2D eigenvalue weighted by molar-refractivity contribution is -0.134. The summed E-state index contributed by atoms with van der Waals surface area (Å²) in [6.45, 7) is 10.6. The van der Waals surface area contributed by atoms with Crippen molar-refractivity contribution < 1.29 is 4.79 Å². The van der Waals surface area contributed by atoms with Crippen LogP contribution in [0.25, 0.3) is 0 Å². The van der Waals surface area contributed by atoms with Crippen molar-refractivity contribution in [2.75, 3.05) is 0 Å². The average Bonchev–Trinajstić information content (AvgIpc) is 2.28. The zero-order valence-electron chi connectivity index (χ0n) is 12.8. The number of nitriles is 1. The number of Topliss-reactive ketones (excluding diaryl/α,β-unsaturated/α-hetero) is 1. The number of hydrogen-bond donors (Lipinski definition) is 0. The van der Waals surface area contributed by atoms with Gasteiger partial charge in [-0.1, -0.05) is 33.5 Å². The van der Waals surface area contributed by atoms with E-state index in [1.807, 2.05) is 13.8 Å². The van der Waals surface area contributed by atoms with Crippen LogP contribution >= 0.6 is 0 Å². The Hall–Kier alpha value is -1.06. The summed E-state index contributed by atoms with van der Waals surface area (Å²) >= 11 is 0. The van der Waals surface area contributed by atoms with Crippen molar-refractivity contribution in [3.8, 4) is 17.5 Å². The summed E-state index contributed by atoms with van der Waals surface area (Å²) in [7, 11) is -1.30. The summed E-state index contributed by atoms with van der Waals surface area (Å²) in [4.78, 5) is 12.2. The SMILES string of the molecule is CC1(C)CCC(CCC#C[Si](C)(C)C)C(C#N)C1=O. The molecule has 1 saturated carbocycles. The summed E-state index contributed by atoms with van der Waals surface area (Å²) in [6.07, 6.45) is 3.58. The van der Waals surface area contributed by atoms with Crippen LogP contribution in [-0.4, -0.2) is 13.9 Å². The lowest BCUT2D eigenvalue weighted by Gasteiger charge is -2.36. The quantitative estimate of drug-likeness (QED) is 0.568. The Bertz CT molecular complexity index is 442. The molecule has 2 nitrogen and oxygen atoms in total. The highest BCUT2D eigenvalue weighted by Gasteiger charge is 2.42. The monoisotopic (exact) mass is 275 g/mol. The lowest BCUT2D eigenvalue weighted by atomic mass is 9.65. The van der Waals surface area contributed by atoms with Gasteiger partial charge in [-0.3, -0.25) is 4.79 Å². The van der Waals surface area contributed by atoms with Crippen molar-refractivity contribution in [3.63, 3.8) is 0 Å². The molecule has 0 spiro atoms. The number of ketones is 1. The maximum Gasteiger partial charge on any atom is 0.155 e. The fraction of sp³-hybridized carbons (Fsp3) is 0.750. The van der Waals surface area contributed by atoms with Crippen LogP contribution in [-0.2, 0) is 4.79 Å². The van der Waals surface area contributed by atoms with Crippen LogP contribution in [0, 0.1) is 40.0 Å². The second kappa shape index (κ2) is 5.93. The van der Waals surface area contributed by atoms with Crippen LogP contribution < -0.4 is 0 Å². The molecule has 0 bridgehead atoms. The van der Waals surface area contributed by atoms with Crippen molar-refractivity contribution in [2.24, 2.45) is 17.3 Å². The van der Waals surface area contributed by atoms with Crippen LogP contribution in [0.2, 0.25) is 19.6 Å². The number of carbonyl (C=O) groups excluding carboxylic acids is 1. The van der Waals surface area contributed by atoms with Gasteiger partial charge in [0.2, 0.25) is 0 Å². The molecule has 1 aliphatic rings. The fourth-order valence-electron chi connectivity index (χ4n) is 2.53. The summed E-state index contributed by atoms with van der Waals surface area (Å²) in [5.41, 5.74) is 3.02. The van der Waals surface area contributed by atoms with Crippen LogP contribution in [0.3, 0.4) is 0 Å². The van der Waals surface area contributed by atoms with Crippen LogP contribution in [0.1, 0.15) is 39.5 Å². The Morgan fingerprint density at radius 3 is 2.53 bits per heavy atom. The van der Waals surface area contributed by atoms with Gasteiger partial charge in [-0.05, 0) is 25.2 Å². The first-order chi connectivity index (χ1) is 8.67. The highest BCUT2D eigenvalue weighted by atomic mass is 28.3. The molecule has 0 radical (unpaired) electrons. The third-order valence-corrected chi connectivity index (χ3v) is 4.73. The largest absolute Gasteiger partial charge is 0.298 e. The molecule has 2 atom stereocenters. The van der Waals surface area contributed by atoms with Crippen molar-refractivity contribution in [1.82, 2.24) is 0 Å². The molecule has 3 heteroatoms. The van der Waals surface area contributed by atoms with E-state index in [-0.39, 0.29) is 17.1 Å². The Kier molecular flexibility index (Phi) is 4.99. The molecule has 0 N–H and O–H groups in total. The minimum absolute atomic E-state index is 0.129. The third kappa shape index (κ3) is 4.51. The number of carbonyl (C=O) groups is 1. The van der Waals surface area contributed by atoms with Crippen LogP contribution in [0.5, 0.6) is 0 Å². The molecule has 104 valence electrons. The molecule has 0 amide bonds. The first-order valence-corrected chi connectivity index (χ1v) is 10.6. The van der Waals surface area contributed by atoms with Gasteiger partial charge in [-0.25, -0.2) is 0 Å². The molecule has 0 aliphatic heterocycles. The van der Waals surface area contributed by atoms with E-state index in [9.17, 15) is 10.1 Å². The van der Waals surface area contributed by atoms with Gasteiger partial charge in [0.15, 0.2) is 5.78 Å². The number of hydrogen-bond acceptors (Lipinski definition) is 2. The van der Waals surface area contributed by atoms with Crippen molar-refractivity contribution >= 4 is 13.9 Å². The molecule has 0 saturated heterocycles. The Morgan fingerprint density at radius 2 is 2.00 bits per heavy atom. The lowest BCUT2D eigenvalue weighted by Crippen LogP contribution is -2.39. The number of rotatable bonds is 2. The first-order valence-electron chi connectivity index (χ1n) is 7.11. The zero-order valence-corrected chi connectivity index (χ0v) is 13.8. The maximum absolute atomic E-state index is 12.2. The second-order valence-corrected chi connectivity index (χ2v) is 12.0. The van der Waals surface area contributed by atoms with Gasteiger partial charge in [0.05, 0.1) is 6.07 Å². The third-order valence-electron chi connectivity index (χ3n) is 3.80. The molecule has 19 heavy (non-hydrogen) atoms. The second-order valence-electron chi connectivity index (χ2n) is 7.24. The molecule has 0 aromatic rings. The van der Waals surface area contributed by atoms with Crippen molar-refractivity contribution in [3.05, 3.63) is 0 Å². The van der Waals surface area contributed by atoms with Crippen molar-refractivity contribution in [2.45, 2.75) is 59.2 Å². The molecule has 0 heterocycles. The Balaban J connectivity index is 2.62. The minimum atomic E-state index is -1.30. The maximum atomic E-state index is 12.2. The predicted octanol–water partition coefficient (Wildman–Crippen LogP) is 3.79. The van der Waals surface area contributed by atoms with Gasteiger partial charge in [0.25, 0.3) is 0 Å². The van der Waals surface area contributed by atoms with E-state index in [1.54, 1.807) is 0 Å².